The summed E-state index contributed by atoms with van der Waals surface area (Å²) >= 11 is 1.19. The number of nitrogens with zero attached hydrogens (tertiary/aromatic N) is 2. The Kier molecular flexibility index (Phi) is 8.58. The van der Waals surface area contributed by atoms with E-state index >= 15 is 0 Å². The van der Waals surface area contributed by atoms with Gasteiger partial charge in [0.1, 0.15) is 25.1 Å². The molecule has 1 fully saturated rings. The average Bonchev–Trinajstić information content (AvgIpc) is 3.17. The largest absolute Gasteiger partial charge is 0.490 e. The summed E-state index contributed by atoms with van der Waals surface area (Å²) in [5.74, 6) is 0.636. The third kappa shape index (κ3) is 6.79. The van der Waals surface area contributed by atoms with Gasteiger partial charge in [0.15, 0.2) is 23.7 Å². The van der Waals surface area contributed by atoms with Gasteiger partial charge in [0.2, 0.25) is 0 Å². The molecular weight excluding hydrogens is 430 g/mol. The van der Waals surface area contributed by atoms with Crippen LogP contribution in [0.3, 0.4) is 0 Å². The van der Waals surface area contributed by atoms with E-state index in [1.165, 1.54) is 11.3 Å². The number of carbonyl (C=O) groups is 1. The van der Waals surface area contributed by atoms with E-state index in [4.69, 9.17) is 21.0 Å². The number of benzene rings is 1. The predicted octanol–water partition coefficient (Wildman–Crippen LogP) is -1.06. The van der Waals surface area contributed by atoms with Crippen molar-refractivity contribution in [2.24, 2.45) is 16.8 Å². The second kappa shape index (κ2) is 11.8. The molecular formula is C21H28N7O3S+. The highest BCUT2D eigenvalue weighted by molar-refractivity contribution is 7.13. The molecule has 0 radical (unpaired) electrons. The van der Waals surface area contributed by atoms with Crippen LogP contribution in [-0.2, 0) is 9.63 Å². The average molecular weight is 459 g/mol. The van der Waals surface area contributed by atoms with Crippen molar-refractivity contribution < 1.29 is 19.4 Å². The van der Waals surface area contributed by atoms with Gasteiger partial charge in [0, 0.05) is 37.1 Å². The lowest BCUT2D eigenvalue weighted by atomic mass is 10.0. The topological polar surface area (TPSA) is 151 Å². The molecule has 1 aromatic heterocycles. The zero-order valence-electron chi connectivity index (χ0n) is 17.8. The molecule has 0 unspecified atom stereocenters. The molecule has 0 spiro atoms. The van der Waals surface area contributed by atoms with Crippen LogP contribution in [0.1, 0.15) is 11.3 Å². The fourth-order valence-corrected chi connectivity index (χ4v) is 3.40. The van der Waals surface area contributed by atoms with E-state index in [2.05, 4.69) is 25.8 Å². The summed E-state index contributed by atoms with van der Waals surface area (Å²) in [6, 6.07) is 7.74. The molecule has 10 nitrogen and oxygen atoms in total. The van der Waals surface area contributed by atoms with Gasteiger partial charge in [-0.2, -0.15) is 0 Å². The Labute approximate surface area is 190 Å². The Hall–Kier alpha value is -3.44. The molecule has 3 rings (SSSR count). The Morgan fingerprint density at radius 2 is 2.16 bits per heavy atom. The highest BCUT2D eigenvalue weighted by Crippen LogP contribution is 2.17. The minimum atomic E-state index is -0.743. The predicted molar refractivity (Wildman–Crippen MR) is 125 cm³/mol. The maximum atomic E-state index is 11.5. The van der Waals surface area contributed by atoms with E-state index in [-0.39, 0.29) is 24.6 Å². The van der Waals surface area contributed by atoms with Gasteiger partial charge in [-0.1, -0.05) is 17.3 Å². The highest BCUT2D eigenvalue weighted by atomic mass is 32.1. The second-order valence-corrected chi connectivity index (χ2v) is 7.94. The number of nitrogens with two attached hydrogens (primary N) is 2. The smallest absolute Gasteiger partial charge is 0.273 e. The highest BCUT2D eigenvalue weighted by Gasteiger charge is 2.16. The molecule has 0 saturated carbocycles. The van der Waals surface area contributed by atoms with E-state index in [0.717, 1.165) is 30.8 Å². The first-order chi connectivity index (χ1) is 15.6. The van der Waals surface area contributed by atoms with E-state index < -0.39 is 5.91 Å². The number of oxime groups is 1. The number of ether oxygens (including phenoxy) is 1. The van der Waals surface area contributed by atoms with E-state index in [1.807, 2.05) is 43.7 Å². The van der Waals surface area contributed by atoms with Crippen LogP contribution in [-0.4, -0.2) is 62.7 Å². The van der Waals surface area contributed by atoms with Crippen LogP contribution in [0.5, 0.6) is 5.75 Å². The zero-order valence-corrected chi connectivity index (χ0v) is 18.7. The molecule has 11 heteroatoms. The van der Waals surface area contributed by atoms with E-state index in [9.17, 15) is 4.79 Å². The molecule has 1 aromatic carbocycles. The lowest BCUT2D eigenvalue weighted by Gasteiger charge is -2.26. The molecule has 2 heterocycles. The number of thiazole rings is 1. The van der Waals surface area contributed by atoms with Crippen molar-refractivity contribution in [3.63, 3.8) is 0 Å². The third-order valence-corrected chi connectivity index (χ3v) is 5.29. The Bertz CT molecular complexity index is 982. The lowest BCUT2D eigenvalue weighted by Crippen LogP contribution is -2.63. The molecule has 1 aliphatic rings. The first kappa shape index (κ1) is 23.2. The number of hydrogen-bond acceptors (Lipinski definition) is 9. The van der Waals surface area contributed by atoms with Crippen LogP contribution in [0.25, 0.3) is 5.57 Å². The van der Waals surface area contributed by atoms with Crippen molar-refractivity contribution in [3.8, 4) is 5.75 Å². The maximum Gasteiger partial charge on any atom is 0.273 e. The number of rotatable bonds is 12. The van der Waals surface area contributed by atoms with Gasteiger partial charge in [0.25, 0.3) is 5.91 Å². The first-order valence-electron chi connectivity index (χ1n) is 10.2. The third-order valence-electron chi connectivity index (χ3n) is 4.61. The number of nitrogens with one attached hydrogen (secondary N) is 3. The summed E-state index contributed by atoms with van der Waals surface area (Å²) in [5, 5.41) is 12.3. The van der Waals surface area contributed by atoms with Crippen LogP contribution in [0.15, 0.2) is 41.0 Å². The fraction of sp³-hybridized carbons (Fsp3) is 0.333. The monoisotopic (exact) mass is 458 g/mol. The van der Waals surface area contributed by atoms with Gasteiger partial charge in [0.05, 0.1) is 5.57 Å². The van der Waals surface area contributed by atoms with Crippen LogP contribution in [0.4, 0.5) is 5.13 Å². The molecule has 7 N–H and O–H groups in total. The van der Waals surface area contributed by atoms with Crippen molar-refractivity contribution >= 4 is 39.9 Å². The molecule has 1 saturated heterocycles. The fourth-order valence-electron chi connectivity index (χ4n) is 2.86. The van der Waals surface area contributed by atoms with Crippen molar-refractivity contribution in [1.29, 1.82) is 0 Å². The lowest BCUT2D eigenvalue weighted by molar-refractivity contribution is -0.412. The Morgan fingerprint density at radius 1 is 1.38 bits per heavy atom. The summed E-state index contributed by atoms with van der Waals surface area (Å²) in [5.41, 5.74) is 13.2. The van der Waals surface area contributed by atoms with Crippen LogP contribution in [0.2, 0.25) is 0 Å². The van der Waals surface area contributed by atoms with Gasteiger partial charge in [-0.05, 0) is 17.7 Å². The quantitative estimate of drug-likeness (QED) is 0.155. The Balaban J connectivity index is 1.48. The number of amides is 1. The Morgan fingerprint density at radius 3 is 2.75 bits per heavy atom. The molecule has 1 aliphatic heterocycles. The van der Waals surface area contributed by atoms with Gasteiger partial charge < -0.3 is 31.7 Å². The summed E-state index contributed by atoms with van der Waals surface area (Å²) in [4.78, 5) is 23.8. The van der Waals surface area contributed by atoms with Gasteiger partial charge in [-0.25, -0.2) is 4.98 Å². The normalized spacial score (nSPS) is 14.9. The van der Waals surface area contributed by atoms with Crippen molar-refractivity contribution in [3.05, 3.63) is 47.1 Å². The van der Waals surface area contributed by atoms with Crippen LogP contribution >= 0.6 is 11.3 Å². The number of aromatic nitrogens is 1. The molecule has 32 heavy (non-hydrogen) atoms. The summed E-state index contributed by atoms with van der Waals surface area (Å²) < 4.78 is 5.68. The number of carbonyl (C=O) groups excluding carboxylic acids is 1. The first-order valence-corrected chi connectivity index (χ1v) is 11.0. The van der Waals surface area contributed by atoms with Crippen molar-refractivity contribution in [2.45, 2.75) is 0 Å². The molecule has 0 aliphatic carbocycles. The number of allylic oxidation sites excluding steroid dienone is 1. The maximum absolute atomic E-state index is 11.5. The summed E-state index contributed by atoms with van der Waals surface area (Å²) in [7, 11) is 1.87. The van der Waals surface area contributed by atoms with Crippen molar-refractivity contribution in [2.75, 3.05) is 45.6 Å². The molecule has 2 aromatic rings. The molecule has 170 valence electrons. The summed E-state index contributed by atoms with van der Waals surface area (Å²) in [6.45, 7) is 3.46. The SMILES string of the molecule is C[NH+]=C/C(=C\NCC1CNC1)c1ccc(OCCO/N=C(\C(N)=O)c2csc(N)n2)cc1. The number of nitrogen functional groups attached to an aromatic ring is 1. The molecule has 0 bridgehead atoms. The van der Waals surface area contributed by atoms with Crippen LogP contribution in [0, 0.1) is 5.92 Å². The standard InChI is InChI=1S/C21H27N7O3S/c1-24-11-16(12-26-10-14-8-25-9-14)15-2-4-17(5-3-15)30-6-7-31-28-19(20(22)29)18-13-32-21(23)27-18/h2-5,11-14,25-26H,6-10H2,1H3,(H2,22,29)(H2,23,27)/p+1/b16-12+,24-11?,28-19-. The van der Waals surface area contributed by atoms with Gasteiger partial charge in [-0.15, -0.1) is 11.3 Å². The number of primary amides is 1. The minimum absolute atomic E-state index is 0.0791. The van der Waals surface area contributed by atoms with Crippen LogP contribution < -0.4 is 31.8 Å². The van der Waals surface area contributed by atoms with E-state index in [1.54, 1.807) is 5.38 Å². The van der Waals surface area contributed by atoms with E-state index in [0.29, 0.717) is 16.8 Å². The van der Waals surface area contributed by atoms with Gasteiger partial charge >= 0.3 is 0 Å². The number of anilines is 1. The second-order valence-electron chi connectivity index (χ2n) is 7.05. The molecule has 0 atom stereocenters. The summed E-state index contributed by atoms with van der Waals surface area (Å²) in [6.07, 6.45) is 3.96. The number of hydrogen-bond donors (Lipinski definition) is 5. The zero-order chi connectivity index (χ0) is 22.8. The van der Waals surface area contributed by atoms with Gasteiger partial charge in [-0.3, -0.25) is 9.79 Å². The molecule has 1 amide bonds. The van der Waals surface area contributed by atoms with Crippen molar-refractivity contribution in [1.82, 2.24) is 15.6 Å². The minimum Gasteiger partial charge on any atom is -0.490 e.